The molecule has 1 aliphatic rings. The van der Waals surface area contributed by atoms with Crippen molar-refractivity contribution in [1.29, 1.82) is 5.26 Å². The smallest absolute Gasteiger partial charge is 0.119 e. The minimum atomic E-state index is -0.519. The van der Waals surface area contributed by atoms with Gasteiger partial charge in [-0.25, -0.2) is 0 Å². The van der Waals surface area contributed by atoms with Crippen LogP contribution in [0.25, 0.3) is 0 Å². The van der Waals surface area contributed by atoms with Crippen molar-refractivity contribution < 1.29 is 9.84 Å². The molecule has 1 fully saturated rings. The summed E-state index contributed by atoms with van der Waals surface area (Å²) in [5, 5.41) is 22.1. The summed E-state index contributed by atoms with van der Waals surface area (Å²) in [7, 11) is 0. The second-order valence-electron chi connectivity index (χ2n) is 5.47. The Morgan fingerprint density at radius 3 is 2.60 bits per heavy atom. The lowest BCUT2D eigenvalue weighted by Gasteiger charge is -2.42. The van der Waals surface area contributed by atoms with Crippen molar-refractivity contribution in [2.45, 2.75) is 44.2 Å². The van der Waals surface area contributed by atoms with Gasteiger partial charge in [-0.3, -0.25) is 0 Å². The van der Waals surface area contributed by atoms with Crippen molar-refractivity contribution in [2.24, 2.45) is 0 Å². The maximum atomic E-state index is 9.95. The van der Waals surface area contributed by atoms with Gasteiger partial charge >= 0.3 is 0 Å². The van der Waals surface area contributed by atoms with Crippen LogP contribution in [0.3, 0.4) is 0 Å². The Labute approximate surface area is 120 Å². The van der Waals surface area contributed by atoms with Crippen LogP contribution in [0.4, 0.5) is 0 Å². The van der Waals surface area contributed by atoms with Crippen molar-refractivity contribution in [3.8, 4) is 11.8 Å². The molecule has 2 N–H and O–H groups in total. The standard InChI is InChI=1S/C16H22N2O2/c1-2-16(8-3-9-16)18-11-14(19)12-20-15-6-4-13(10-17)5-7-15/h4-7,14,18-19H,2-3,8-9,11-12H2,1H3. The van der Waals surface area contributed by atoms with E-state index in [1.54, 1.807) is 24.3 Å². The molecule has 0 amide bonds. The van der Waals surface area contributed by atoms with Gasteiger partial charge in [0.05, 0.1) is 11.6 Å². The zero-order valence-electron chi connectivity index (χ0n) is 11.9. The van der Waals surface area contributed by atoms with E-state index >= 15 is 0 Å². The molecule has 4 heteroatoms. The number of nitrogens with one attached hydrogen (secondary N) is 1. The van der Waals surface area contributed by atoms with E-state index in [1.807, 2.05) is 0 Å². The predicted octanol–water partition coefficient (Wildman–Crippen LogP) is 2.22. The lowest BCUT2D eigenvalue weighted by atomic mass is 9.75. The molecular weight excluding hydrogens is 252 g/mol. The SMILES string of the molecule is CCC1(NCC(O)COc2ccc(C#N)cc2)CCC1. The van der Waals surface area contributed by atoms with Crippen molar-refractivity contribution in [3.05, 3.63) is 29.8 Å². The van der Waals surface area contributed by atoms with E-state index in [9.17, 15) is 5.11 Å². The Hall–Kier alpha value is -1.57. The van der Waals surface area contributed by atoms with E-state index in [0.717, 1.165) is 6.42 Å². The average molecular weight is 274 g/mol. The van der Waals surface area contributed by atoms with Gasteiger partial charge in [-0.2, -0.15) is 5.26 Å². The fourth-order valence-electron chi connectivity index (χ4n) is 2.47. The highest BCUT2D eigenvalue weighted by molar-refractivity contribution is 5.34. The second-order valence-corrected chi connectivity index (χ2v) is 5.47. The first kappa shape index (κ1) is 14.8. The fraction of sp³-hybridized carbons (Fsp3) is 0.562. The summed E-state index contributed by atoms with van der Waals surface area (Å²) in [5.74, 6) is 0.678. The molecule has 0 radical (unpaired) electrons. The molecule has 1 aliphatic carbocycles. The van der Waals surface area contributed by atoms with E-state index < -0.39 is 6.10 Å². The highest BCUT2D eigenvalue weighted by atomic mass is 16.5. The number of nitrogens with zero attached hydrogens (tertiary/aromatic N) is 1. The number of ether oxygens (including phenoxy) is 1. The summed E-state index contributed by atoms with van der Waals surface area (Å²) >= 11 is 0. The molecule has 0 bridgehead atoms. The Balaban J connectivity index is 1.71. The number of rotatable bonds is 7. The third kappa shape index (κ3) is 3.72. The van der Waals surface area contributed by atoms with Crippen LogP contribution < -0.4 is 10.1 Å². The predicted molar refractivity (Wildman–Crippen MR) is 77.5 cm³/mol. The molecule has 4 nitrogen and oxygen atoms in total. The Bertz CT molecular complexity index is 455. The fourth-order valence-corrected chi connectivity index (χ4v) is 2.47. The Morgan fingerprint density at radius 2 is 2.10 bits per heavy atom. The zero-order chi connectivity index (χ0) is 14.4. The third-order valence-corrected chi connectivity index (χ3v) is 4.13. The van der Waals surface area contributed by atoms with Gasteiger partial charge in [-0.15, -0.1) is 0 Å². The molecule has 0 saturated heterocycles. The number of aliphatic hydroxyl groups excluding tert-OH is 1. The molecule has 1 aromatic rings. The summed E-state index contributed by atoms with van der Waals surface area (Å²) in [5.41, 5.74) is 0.851. The van der Waals surface area contributed by atoms with Crippen LogP contribution in [0.15, 0.2) is 24.3 Å². The van der Waals surface area contributed by atoms with Gasteiger partial charge in [0.15, 0.2) is 0 Å². The average Bonchev–Trinajstić information content (AvgIpc) is 2.45. The van der Waals surface area contributed by atoms with Crippen molar-refractivity contribution >= 4 is 0 Å². The molecule has 1 atom stereocenters. The molecule has 20 heavy (non-hydrogen) atoms. The van der Waals surface area contributed by atoms with Gasteiger partial charge in [0.2, 0.25) is 0 Å². The quantitative estimate of drug-likeness (QED) is 0.800. The van der Waals surface area contributed by atoms with Crippen molar-refractivity contribution in [1.82, 2.24) is 5.32 Å². The van der Waals surface area contributed by atoms with Crippen LogP contribution in [0.2, 0.25) is 0 Å². The first-order valence-electron chi connectivity index (χ1n) is 7.23. The maximum absolute atomic E-state index is 9.95. The second kappa shape index (κ2) is 6.74. The van der Waals surface area contributed by atoms with Crippen LogP contribution in [0.5, 0.6) is 5.75 Å². The van der Waals surface area contributed by atoms with Gasteiger partial charge < -0.3 is 15.2 Å². The van der Waals surface area contributed by atoms with Crippen molar-refractivity contribution in [3.63, 3.8) is 0 Å². The lowest BCUT2D eigenvalue weighted by molar-refractivity contribution is 0.0811. The molecule has 1 unspecified atom stereocenters. The number of nitriles is 1. The number of β-amino-alcohol motifs (C(OH)–C–C–N with tert-alkyl or cyclic N) is 1. The maximum Gasteiger partial charge on any atom is 0.119 e. The monoisotopic (exact) mass is 274 g/mol. The summed E-state index contributed by atoms with van der Waals surface area (Å²) in [6, 6.07) is 8.97. The molecule has 108 valence electrons. The van der Waals surface area contributed by atoms with Crippen LogP contribution in [0, 0.1) is 11.3 Å². The number of aliphatic hydroxyl groups is 1. The minimum absolute atomic E-state index is 0.245. The summed E-state index contributed by atoms with van der Waals surface area (Å²) in [6.07, 6.45) is 4.27. The first-order valence-corrected chi connectivity index (χ1v) is 7.23. The van der Waals surface area contributed by atoms with E-state index in [2.05, 4.69) is 18.3 Å². The molecule has 0 aromatic heterocycles. The molecule has 0 aliphatic heterocycles. The van der Waals surface area contributed by atoms with Crippen LogP contribution >= 0.6 is 0 Å². The first-order chi connectivity index (χ1) is 9.67. The molecule has 1 saturated carbocycles. The van der Waals surface area contributed by atoms with E-state index in [4.69, 9.17) is 10.00 Å². The van der Waals surface area contributed by atoms with Crippen molar-refractivity contribution in [2.75, 3.05) is 13.2 Å². The Morgan fingerprint density at radius 1 is 1.40 bits per heavy atom. The summed E-state index contributed by atoms with van der Waals surface area (Å²) in [6.45, 7) is 3.01. The lowest BCUT2D eigenvalue weighted by Crippen LogP contribution is -2.53. The number of benzene rings is 1. The van der Waals surface area contributed by atoms with Crippen LogP contribution in [-0.2, 0) is 0 Å². The van der Waals surface area contributed by atoms with Gasteiger partial charge in [-0.05, 0) is 49.9 Å². The van der Waals surface area contributed by atoms with Crippen LogP contribution in [0.1, 0.15) is 38.2 Å². The highest BCUT2D eigenvalue weighted by Crippen LogP contribution is 2.34. The third-order valence-electron chi connectivity index (χ3n) is 4.13. The highest BCUT2D eigenvalue weighted by Gasteiger charge is 2.34. The molecule has 1 aromatic carbocycles. The largest absolute Gasteiger partial charge is 0.491 e. The van der Waals surface area contributed by atoms with Gasteiger partial charge in [0, 0.05) is 12.1 Å². The normalized spacial score (nSPS) is 17.9. The van der Waals surface area contributed by atoms with E-state index in [-0.39, 0.29) is 12.1 Å². The number of hydrogen-bond acceptors (Lipinski definition) is 4. The van der Waals surface area contributed by atoms with E-state index in [0.29, 0.717) is 17.9 Å². The summed E-state index contributed by atoms with van der Waals surface area (Å²) in [4.78, 5) is 0. The minimum Gasteiger partial charge on any atom is -0.491 e. The Kier molecular flexibility index (Phi) is 4.99. The van der Waals surface area contributed by atoms with Gasteiger partial charge in [0.1, 0.15) is 18.5 Å². The van der Waals surface area contributed by atoms with E-state index in [1.165, 1.54) is 19.3 Å². The molecule has 2 rings (SSSR count). The molecular formula is C16H22N2O2. The molecule has 0 spiro atoms. The number of hydrogen-bond donors (Lipinski definition) is 2. The van der Waals surface area contributed by atoms with Crippen LogP contribution in [-0.4, -0.2) is 29.9 Å². The zero-order valence-corrected chi connectivity index (χ0v) is 11.9. The van der Waals surface area contributed by atoms with Gasteiger partial charge in [-0.1, -0.05) is 6.92 Å². The molecule has 0 heterocycles. The topological polar surface area (TPSA) is 65.3 Å². The summed E-state index contributed by atoms with van der Waals surface area (Å²) < 4.78 is 5.52. The van der Waals surface area contributed by atoms with Gasteiger partial charge in [0.25, 0.3) is 0 Å².